The summed E-state index contributed by atoms with van der Waals surface area (Å²) in [5, 5.41) is 12.1. The fraction of sp³-hybridized carbons (Fsp3) is 0.533. The molecule has 2 unspecified atom stereocenters. The van der Waals surface area contributed by atoms with E-state index in [-0.39, 0.29) is 17.8 Å². The van der Waals surface area contributed by atoms with Crippen molar-refractivity contribution < 1.29 is 14.3 Å². The Balaban J connectivity index is 2.31. The van der Waals surface area contributed by atoms with Gasteiger partial charge in [0.15, 0.2) is 0 Å². The highest BCUT2D eigenvalue weighted by Crippen LogP contribution is 2.20. The van der Waals surface area contributed by atoms with E-state index in [1.807, 2.05) is 6.07 Å². The van der Waals surface area contributed by atoms with Crippen LogP contribution in [0.25, 0.3) is 0 Å². The summed E-state index contributed by atoms with van der Waals surface area (Å²) in [7, 11) is 0. The summed E-state index contributed by atoms with van der Waals surface area (Å²) in [4.78, 5) is 10.7. The fourth-order valence-electron chi connectivity index (χ4n) is 1.92. The van der Waals surface area contributed by atoms with Gasteiger partial charge in [0.1, 0.15) is 5.82 Å². The van der Waals surface area contributed by atoms with E-state index in [0.29, 0.717) is 17.4 Å². The minimum absolute atomic E-state index is 0.257. The number of aliphatic carboxylic acids is 1. The highest BCUT2D eigenvalue weighted by atomic mass is 79.9. The lowest BCUT2D eigenvalue weighted by Crippen LogP contribution is -2.26. The van der Waals surface area contributed by atoms with Gasteiger partial charge < -0.3 is 10.4 Å². The molecule has 0 saturated heterocycles. The van der Waals surface area contributed by atoms with Crippen molar-refractivity contribution in [3.8, 4) is 0 Å². The Hall–Kier alpha value is -0.940. The van der Waals surface area contributed by atoms with Crippen molar-refractivity contribution in [1.82, 2.24) is 5.32 Å². The Bertz CT molecular complexity index is 453. The molecule has 5 heteroatoms. The number of hydrogen-bond acceptors (Lipinski definition) is 2. The fourth-order valence-corrected chi connectivity index (χ4v) is 2.33. The van der Waals surface area contributed by atoms with E-state index in [4.69, 9.17) is 5.11 Å². The first kappa shape index (κ1) is 17.1. The summed E-state index contributed by atoms with van der Waals surface area (Å²) in [5.41, 5.74) is 0.885. The summed E-state index contributed by atoms with van der Waals surface area (Å²) in [6, 6.07) is 5.26. The van der Waals surface area contributed by atoms with Crippen molar-refractivity contribution in [2.45, 2.75) is 45.7 Å². The average Bonchev–Trinajstić information content (AvgIpc) is 2.40. The maximum absolute atomic E-state index is 13.3. The van der Waals surface area contributed by atoms with Crippen molar-refractivity contribution in [2.75, 3.05) is 0 Å². The van der Waals surface area contributed by atoms with Crippen LogP contribution in [0.5, 0.6) is 0 Å². The molecule has 0 aliphatic rings. The van der Waals surface area contributed by atoms with E-state index in [0.717, 1.165) is 18.4 Å². The average molecular weight is 346 g/mol. The second-order valence-corrected chi connectivity index (χ2v) is 5.96. The van der Waals surface area contributed by atoms with E-state index in [1.165, 1.54) is 6.07 Å². The quantitative estimate of drug-likeness (QED) is 0.749. The predicted octanol–water partition coefficient (Wildman–Crippen LogP) is 3.96. The third-order valence-corrected chi connectivity index (χ3v) is 4.26. The Kier molecular flexibility index (Phi) is 7.16. The topological polar surface area (TPSA) is 49.3 Å². The first-order chi connectivity index (χ1) is 9.41. The minimum atomic E-state index is -0.741. The SMILES string of the molecule is CC(CCCC(C)C(=O)O)NCc1cccc(F)c1Br. The molecule has 1 aromatic carbocycles. The number of nitrogens with one attached hydrogen (secondary N) is 1. The van der Waals surface area contributed by atoms with Gasteiger partial charge >= 0.3 is 5.97 Å². The molecular formula is C15H21BrFNO2. The monoisotopic (exact) mass is 345 g/mol. The number of hydrogen-bond donors (Lipinski definition) is 2. The van der Waals surface area contributed by atoms with Gasteiger partial charge in [0, 0.05) is 12.6 Å². The number of carboxylic acid groups (broad SMARTS) is 1. The molecule has 0 amide bonds. The summed E-state index contributed by atoms with van der Waals surface area (Å²) in [6.07, 6.45) is 2.46. The third-order valence-electron chi connectivity index (χ3n) is 3.37. The molecule has 1 aromatic rings. The molecular weight excluding hydrogens is 325 g/mol. The van der Waals surface area contributed by atoms with Crippen molar-refractivity contribution >= 4 is 21.9 Å². The molecule has 0 fully saturated rings. The van der Waals surface area contributed by atoms with Crippen LogP contribution in [0.2, 0.25) is 0 Å². The molecule has 0 aliphatic heterocycles. The smallest absolute Gasteiger partial charge is 0.306 e. The number of benzene rings is 1. The van der Waals surface area contributed by atoms with E-state index in [1.54, 1.807) is 13.0 Å². The highest BCUT2D eigenvalue weighted by Gasteiger charge is 2.11. The van der Waals surface area contributed by atoms with Crippen molar-refractivity contribution in [3.63, 3.8) is 0 Å². The van der Waals surface area contributed by atoms with E-state index in [2.05, 4.69) is 28.2 Å². The normalized spacial score (nSPS) is 14.0. The molecule has 112 valence electrons. The highest BCUT2D eigenvalue weighted by molar-refractivity contribution is 9.10. The predicted molar refractivity (Wildman–Crippen MR) is 81.1 cm³/mol. The maximum atomic E-state index is 13.3. The van der Waals surface area contributed by atoms with Crippen LogP contribution >= 0.6 is 15.9 Å². The number of halogens is 2. The molecule has 1 rings (SSSR count). The summed E-state index contributed by atoms with van der Waals surface area (Å²) >= 11 is 3.24. The Morgan fingerprint density at radius 3 is 2.75 bits per heavy atom. The van der Waals surface area contributed by atoms with Crippen molar-refractivity contribution in [2.24, 2.45) is 5.92 Å². The Morgan fingerprint density at radius 2 is 2.10 bits per heavy atom. The standard InChI is InChI=1S/C15H21BrFNO2/c1-10(15(19)20)5-3-6-11(2)18-9-12-7-4-8-13(17)14(12)16/h4,7-8,10-11,18H,3,5-6,9H2,1-2H3,(H,19,20). The van der Waals surface area contributed by atoms with Crippen LogP contribution in [0, 0.1) is 11.7 Å². The molecule has 20 heavy (non-hydrogen) atoms. The second kappa shape index (κ2) is 8.37. The van der Waals surface area contributed by atoms with Crippen LogP contribution in [0.15, 0.2) is 22.7 Å². The largest absolute Gasteiger partial charge is 0.481 e. The molecule has 0 radical (unpaired) electrons. The summed E-state index contributed by atoms with van der Waals surface area (Å²) < 4.78 is 13.8. The molecule has 3 nitrogen and oxygen atoms in total. The van der Waals surface area contributed by atoms with E-state index < -0.39 is 5.97 Å². The first-order valence-electron chi connectivity index (χ1n) is 6.81. The lowest BCUT2D eigenvalue weighted by atomic mass is 10.0. The van der Waals surface area contributed by atoms with Crippen LogP contribution in [0.3, 0.4) is 0 Å². The zero-order valence-electron chi connectivity index (χ0n) is 11.8. The molecule has 0 heterocycles. The number of carboxylic acids is 1. The van der Waals surface area contributed by atoms with Crippen molar-refractivity contribution in [3.05, 3.63) is 34.1 Å². The Morgan fingerprint density at radius 1 is 1.40 bits per heavy atom. The van der Waals surface area contributed by atoms with Gasteiger partial charge in [-0.05, 0) is 47.3 Å². The second-order valence-electron chi connectivity index (χ2n) is 5.17. The van der Waals surface area contributed by atoms with Gasteiger partial charge in [-0.3, -0.25) is 4.79 Å². The lowest BCUT2D eigenvalue weighted by molar-refractivity contribution is -0.141. The molecule has 2 N–H and O–H groups in total. The van der Waals surface area contributed by atoms with E-state index >= 15 is 0 Å². The lowest BCUT2D eigenvalue weighted by Gasteiger charge is -2.15. The van der Waals surface area contributed by atoms with Gasteiger partial charge in [-0.15, -0.1) is 0 Å². The summed E-state index contributed by atoms with van der Waals surface area (Å²) in [5.74, 6) is -1.29. The van der Waals surface area contributed by atoms with Gasteiger partial charge in [0.05, 0.1) is 10.4 Å². The van der Waals surface area contributed by atoms with Crippen molar-refractivity contribution in [1.29, 1.82) is 0 Å². The zero-order chi connectivity index (χ0) is 15.1. The number of carbonyl (C=O) groups is 1. The van der Waals surface area contributed by atoms with Crippen LogP contribution in [-0.2, 0) is 11.3 Å². The summed E-state index contributed by atoms with van der Waals surface area (Å²) in [6.45, 7) is 4.37. The van der Waals surface area contributed by atoms with Gasteiger partial charge in [-0.25, -0.2) is 4.39 Å². The van der Waals surface area contributed by atoms with Crippen LogP contribution in [-0.4, -0.2) is 17.1 Å². The third kappa shape index (κ3) is 5.59. The van der Waals surface area contributed by atoms with Crippen LogP contribution in [0.1, 0.15) is 38.7 Å². The van der Waals surface area contributed by atoms with Gasteiger partial charge in [-0.2, -0.15) is 0 Å². The maximum Gasteiger partial charge on any atom is 0.306 e. The van der Waals surface area contributed by atoms with E-state index in [9.17, 15) is 9.18 Å². The van der Waals surface area contributed by atoms with Crippen LogP contribution < -0.4 is 5.32 Å². The van der Waals surface area contributed by atoms with Crippen LogP contribution in [0.4, 0.5) is 4.39 Å². The molecule has 0 bridgehead atoms. The first-order valence-corrected chi connectivity index (χ1v) is 7.60. The molecule has 0 spiro atoms. The molecule has 0 saturated carbocycles. The minimum Gasteiger partial charge on any atom is -0.481 e. The zero-order valence-corrected chi connectivity index (χ0v) is 13.4. The van der Waals surface area contributed by atoms with Gasteiger partial charge in [-0.1, -0.05) is 25.5 Å². The molecule has 0 aliphatic carbocycles. The van der Waals surface area contributed by atoms with Gasteiger partial charge in [0.25, 0.3) is 0 Å². The van der Waals surface area contributed by atoms with Gasteiger partial charge in [0.2, 0.25) is 0 Å². The molecule has 0 aromatic heterocycles. The molecule has 2 atom stereocenters. The Labute approximate surface area is 127 Å². The number of rotatable bonds is 8.